The van der Waals surface area contributed by atoms with Crippen LogP contribution in [0.3, 0.4) is 0 Å². The van der Waals surface area contributed by atoms with E-state index >= 15 is 0 Å². The van der Waals surface area contributed by atoms with Gasteiger partial charge in [-0.25, -0.2) is 4.79 Å². The fourth-order valence-electron chi connectivity index (χ4n) is 3.17. The summed E-state index contributed by atoms with van der Waals surface area (Å²) in [4.78, 5) is 27.0. The van der Waals surface area contributed by atoms with Gasteiger partial charge in [0, 0.05) is 19.6 Å². The van der Waals surface area contributed by atoms with Crippen LogP contribution in [-0.2, 0) is 4.79 Å². The van der Waals surface area contributed by atoms with Gasteiger partial charge in [-0.1, -0.05) is 13.8 Å². The van der Waals surface area contributed by atoms with Crippen LogP contribution in [0.5, 0.6) is 0 Å². The van der Waals surface area contributed by atoms with Crippen molar-refractivity contribution < 1.29 is 14.7 Å². The molecule has 1 aliphatic carbocycles. The van der Waals surface area contributed by atoms with Gasteiger partial charge >= 0.3 is 12.0 Å². The van der Waals surface area contributed by atoms with Crippen molar-refractivity contribution in [1.82, 2.24) is 9.80 Å². The van der Waals surface area contributed by atoms with Crippen LogP contribution in [-0.4, -0.2) is 53.1 Å². The summed E-state index contributed by atoms with van der Waals surface area (Å²) in [6.07, 6.45) is 5.48. The van der Waals surface area contributed by atoms with Gasteiger partial charge in [-0.2, -0.15) is 0 Å². The van der Waals surface area contributed by atoms with E-state index in [0.717, 1.165) is 38.8 Å². The molecule has 1 heterocycles. The molecule has 120 valence electrons. The zero-order valence-corrected chi connectivity index (χ0v) is 13.3. The Bertz CT molecular complexity index is 380. The third-order valence-corrected chi connectivity index (χ3v) is 4.76. The van der Waals surface area contributed by atoms with E-state index in [9.17, 15) is 9.59 Å². The average molecular weight is 296 g/mol. The Morgan fingerprint density at radius 1 is 1.19 bits per heavy atom. The largest absolute Gasteiger partial charge is 0.480 e. The summed E-state index contributed by atoms with van der Waals surface area (Å²) in [5.74, 6) is 0.934. The van der Waals surface area contributed by atoms with Gasteiger partial charge < -0.3 is 14.9 Å². The number of carboxylic acid groups (broad SMARTS) is 1. The highest BCUT2D eigenvalue weighted by Crippen LogP contribution is 2.30. The van der Waals surface area contributed by atoms with Crippen LogP contribution in [0.15, 0.2) is 0 Å². The highest BCUT2D eigenvalue weighted by atomic mass is 16.4. The van der Waals surface area contributed by atoms with Crippen LogP contribution in [0.25, 0.3) is 0 Å². The Morgan fingerprint density at radius 3 is 2.48 bits per heavy atom. The van der Waals surface area contributed by atoms with Gasteiger partial charge in [0.25, 0.3) is 0 Å². The van der Waals surface area contributed by atoms with Crippen LogP contribution in [0, 0.1) is 17.8 Å². The molecule has 2 amide bonds. The number of carbonyl (C=O) groups excluding carboxylic acids is 1. The molecule has 1 atom stereocenters. The molecule has 5 heteroatoms. The molecule has 1 unspecified atom stereocenters. The molecule has 21 heavy (non-hydrogen) atoms. The lowest BCUT2D eigenvalue weighted by Crippen LogP contribution is -2.46. The molecule has 1 saturated carbocycles. The Morgan fingerprint density at radius 2 is 1.90 bits per heavy atom. The molecule has 0 aromatic heterocycles. The summed E-state index contributed by atoms with van der Waals surface area (Å²) in [6, 6.07) is -0.0753. The van der Waals surface area contributed by atoms with Gasteiger partial charge in [0.1, 0.15) is 6.54 Å². The number of amides is 2. The van der Waals surface area contributed by atoms with Crippen molar-refractivity contribution in [2.24, 2.45) is 17.8 Å². The number of likely N-dealkylation sites (tertiary alicyclic amines) is 1. The van der Waals surface area contributed by atoms with Crippen molar-refractivity contribution in [3.63, 3.8) is 0 Å². The maximum absolute atomic E-state index is 12.6. The van der Waals surface area contributed by atoms with Crippen molar-refractivity contribution in [3.8, 4) is 0 Å². The molecule has 0 bridgehead atoms. The first-order valence-corrected chi connectivity index (χ1v) is 8.23. The maximum atomic E-state index is 12.6. The van der Waals surface area contributed by atoms with Crippen LogP contribution >= 0.6 is 0 Å². The first kappa shape index (κ1) is 16.1. The van der Waals surface area contributed by atoms with E-state index in [0.29, 0.717) is 24.3 Å². The molecular formula is C16H28N2O3. The predicted molar refractivity (Wildman–Crippen MR) is 81.1 cm³/mol. The fourth-order valence-corrected chi connectivity index (χ4v) is 3.17. The fraction of sp³-hybridized carbons (Fsp3) is 0.875. The monoisotopic (exact) mass is 296 g/mol. The van der Waals surface area contributed by atoms with E-state index in [-0.39, 0.29) is 12.6 Å². The molecule has 0 radical (unpaired) electrons. The highest BCUT2D eigenvalue weighted by Gasteiger charge is 2.31. The molecule has 2 aliphatic rings. The summed E-state index contributed by atoms with van der Waals surface area (Å²) >= 11 is 0. The molecular weight excluding hydrogens is 268 g/mol. The molecule has 2 fully saturated rings. The second kappa shape index (κ2) is 7.14. The number of carbonyl (C=O) groups is 2. The Balaban J connectivity index is 1.93. The molecule has 2 rings (SSSR count). The summed E-state index contributed by atoms with van der Waals surface area (Å²) in [7, 11) is 0. The lowest BCUT2D eigenvalue weighted by Gasteiger charge is -2.29. The highest BCUT2D eigenvalue weighted by molar-refractivity contribution is 5.80. The first-order valence-electron chi connectivity index (χ1n) is 8.23. The van der Waals surface area contributed by atoms with Crippen molar-refractivity contribution in [1.29, 1.82) is 0 Å². The van der Waals surface area contributed by atoms with E-state index in [2.05, 4.69) is 13.8 Å². The van der Waals surface area contributed by atoms with E-state index in [1.807, 2.05) is 4.90 Å². The van der Waals surface area contributed by atoms with Crippen LogP contribution in [0.1, 0.15) is 46.0 Å². The molecule has 0 aromatic carbocycles. The normalized spacial score (nSPS) is 23.0. The molecule has 5 nitrogen and oxygen atoms in total. The zero-order valence-electron chi connectivity index (χ0n) is 13.3. The van der Waals surface area contributed by atoms with Crippen molar-refractivity contribution >= 4 is 12.0 Å². The lowest BCUT2D eigenvalue weighted by atomic mass is 9.89. The van der Waals surface area contributed by atoms with Crippen LogP contribution in [0.4, 0.5) is 4.79 Å². The standard InChI is InChI=1S/C16H28N2O3/c1-12(2)14-4-3-8-17(9-7-14)16(21)18(11-15(19)20)10-13-5-6-13/h12-14H,3-11H2,1-2H3,(H,19,20). The van der Waals surface area contributed by atoms with E-state index in [4.69, 9.17) is 5.11 Å². The number of aliphatic carboxylic acids is 1. The first-order chi connectivity index (χ1) is 9.97. The second-order valence-corrected chi connectivity index (χ2v) is 6.92. The van der Waals surface area contributed by atoms with Gasteiger partial charge in [0.15, 0.2) is 0 Å². The third-order valence-electron chi connectivity index (χ3n) is 4.76. The smallest absolute Gasteiger partial charge is 0.323 e. The summed E-state index contributed by atoms with van der Waals surface area (Å²) in [5.41, 5.74) is 0. The minimum Gasteiger partial charge on any atom is -0.480 e. The van der Waals surface area contributed by atoms with E-state index in [1.54, 1.807) is 0 Å². The zero-order chi connectivity index (χ0) is 15.4. The third kappa shape index (κ3) is 4.90. The van der Waals surface area contributed by atoms with E-state index < -0.39 is 5.97 Å². The Labute approximate surface area is 127 Å². The SMILES string of the molecule is CC(C)C1CCCN(C(=O)N(CC(=O)O)CC2CC2)CC1. The summed E-state index contributed by atoms with van der Waals surface area (Å²) < 4.78 is 0. The number of carboxylic acids is 1. The van der Waals surface area contributed by atoms with Crippen molar-refractivity contribution in [2.75, 3.05) is 26.2 Å². The number of urea groups is 1. The van der Waals surface area contributed by atoms with Gasteiger partial charge in [-0.15, -0.1) is 0 Å². The van der Waals surface area contributed by atoms with Gasteiger partial charge in [-0.3, -0.25) is 4.79 Å². The molecule has 1 N–H and O–H groups in total. The number of hydrogen-bond donors (Lipinski definition) is 1. The number of nitrogens with zero attached hydrogens (tertiary/aromatic N) is 2. The summed E-state index contributed by atoms with van der Waals surface area (Å²) in [6.45, 7) is 6.46. The molecule has 0 aromatic rings. The Kier molecular flexibility index (Phi) is 5.48. The number of rotatable bonds is 5. The summed E-state index contributed by atoms with van der Waals surface area (Å²) in [5, 5.41) is 9.02. The maximum Gasteiger partial charge on any atom is 0.323 e. The molecule has 1 saturated heterocycles. The van der Waals surface area contributed by atoms with Crippen molar-refractivity contribution in [3.05, 3.63) is 0 Å². The van der Waals surface area contributed by atoms with Gasteiger partial charge in [0.05, 0.1) is 0 Å². The topological polar surface area (TPSA) is 60.9 Å². The molecule has 0 spiro atoms. The number of hydrogen-bond acceptors (Lipinski definition) is 2. The average Bonchev–Trinajstić information content (AvgIpc) is 3.22. The van der Waals surface area contributed by atoms with Gasteiger partial charge in [0.2, 0.25) is 0 Å². The lowest BCUT2D eigenvalue weighted by molar-refractivity contribution is -0.137. The van der Waals surface area contributed by atoms with Crippen LogP contribution < -0.4 is 0 Å². The van der Waals surface area contributed by atoms with Crippen molar-refractivity contribution in [2.45, 2.75) is 46.0 Å². The minimum atomic E-state index is -0.918. The Hall–Kier alpha value is -1.26. The minimum absolute atomic E-state index is 0.0753. The van der Waals surface area contributed by atoms with Gasteiger partial charge in [-0.05, 0) is 49.9 Å². The molecule has 1 aliphatic heterocycles. The van der Waals surface area contributed by atoms with E-state index in [1.165, 1.54) is 11.3 Å². The quantitative estimate of drug-likeness (QED) is 0.848. The van der Waals surface area contributed by atoms with Crippen LogP contribution in [0.2, 0.25) is 0 Å². The predicted octanol–water partition coefficient (Wildman–Crippen LogP) is 2.66. The second-order valence-electron chi connectivity index (χ2n) is 6.92.